The van der Waals surface area contributed by atoms with Crippen molar-refractivity contribution in [2.75, 3.05) is 12.4 Å². The fraction of sp³-hybridized carbons (Fsp3) is 0.316. The maximum absolute atomic E-state index is 13.5. The Morgan fingerprint density at radius 2 is 1.92 bits per heavy atom. The van der Waals surface area contributed by atoms with Crippen molar-refractivity contribution in [1.29, 1.82) is 0 Å². The van der Waals surface area contributed by atoms with Gasteiger partial charge in [0, 0.05) is 5.75 Å². The number of hydrogen-bond donors (Lipinski definition) is 1. The van der Waals surface area contributed by atoms with Crippen LogP contribution in [0.2, 0.25) is 0 Å². The van der Waals surface area contributed by atoms with Gasteiger partial charge < -0.3 is 10.1 Å². The minimum Gasteiger partial charge on any atom is -0.491 e. The number of rotatable bonds is 8. The Morgan fingerprint density at radius 1 is 1.21 bits per heavy atom. The van der Waals surface area contributed by atoms with E-state index in [4.69, 9.17) is 4.74 Å². The van der Waals surface area contributed by atoms with Crippen molar-refractivity contribution in [1.82, 2.24) is 5.32 Å². The average Bonchev–Trinajstić information content (AvgIpc) is 2.56. The number of carbonyl (C=O) groups is 1. The van der Waals surface area contributed by atoms with Gasteiger partial charge in [-0.3, -0.25) is 4.79 Å². The van der Waals surface area contributed by atoms with Crippen LogP contribution in [0.5, 0.6) is 5.75 Å². The Morgan fingerprint density at radius 3 is 2.67 bits per heavy atom. The molecule has 5 heteroatoms. The number of hydrogen-bond acceptors (Lipinski definition) is 3. The zero-order chi connectivity index (χ0) is 17.4. The van der Waals surface area contributed by atoms with Crippen LogP contribution >= 0.6 is 11.8 Å². The zero-order valence-corrected chi connectivity index (χ0v) is 14.7. The highest BCUT2D eigenvalue weighted by Crippen LogP contribution is 2.17. The molecule has 0 aliphatic heterocycles. The van der Waals surface area contributed by atoms with E-state index in [2.05, 4.69) is 5.32 Å². The second kappa shape index (κ2) is 9.33. The lowest BCUT2D eigenvalue weighted by Gasteiger charge is -2.16. The van der Waals surface area contributed by atoms with Crippen molar-refractivity contribution in [3.05, 3.63) is 65.5 Å². The second-order valence-electron chi connectivity index (χ2n) is 5.63. The van der Waals surface area contributed by atoms with Gasteiger partial charge in [-0.1, -0.05) is 36.4 Å². The van der Waals surface area contributed by atoms with Crippen LogP contribution in [0.15, 0.2) is 48.5 Å². The lowest BCUT2D eigenvalue weighted by molar-refractivity contribution is -0.119. The topological polar surface area (TPSA) is 38.3 Å². The summed E-state index contributed by atoms with van der Waals surface area (Å²) in [5.74, 6) is 1.30. The Balaban J connectivity index is 1.68. The van der Waals surface area contributed by atoms with Crippen molar-refractivity contribution >= 4 is 17.7 Å². The molecule has 0 spiro atoms. The molecule has 0 radical (unpaired) electrons. The van der Waals surface area contributed by atoms with Crippen molar-refractivity contribution in [2.45, 2.75) is 25.6 Å². The van der Waals surface area contributed by atoms with E-state index in [-0.39, 0.29) is 17.8 Å². The number of ether oxygens (including phenoxy) is 1. The highest BCUT2D eigenvalue weighted by atomic mass is 32.2. The fourth-order valence-electron chi connectivity index (χ4n) is 2.16. The summed E-state index contributed by atoms with van der Waals surface area (Å²) in [5, 5.41) is 2.89. The highest BCUT2D eigenvalue weighted by Gasteiger charge is 2.10. The van der Waals surface area contributed by atoms with E-state index in [0.29, 0.717) is 23.7 Å². The van der Waals surface area contributed by atoms with E-state index in [1.165, 1.54) is 17.8 Å². The number of para-hydroxylation sites is 1. The van der Waals surface area contributed by atoms with E-state index >= 15 is 0 Å². The summed E-state index contributed by atoms with van der Waals surface area (Å²) >= 11 is 1.39. The molecule has 1 unspecified atom stereocenters. The number of carbonyl (C=O) groups excluding carboxylic acids is 1. The second-order valence-corrected chi connectivity index (χ2v) is 6.61. The van der Waals surface area contributed by atoms with E-state index in [1.54, 1.807) is 18.2 Å². The molecule has 0 fully saturated rings. The highest BCUT2D eigenvalue weighted by molar-refractivity contribution is 7.99. The maximum Gasteiger partial charge on any atom is 0.230 e. The number of amides is 1. The molecule has 0 aliphatic rings. The lowest BCUT2D eigenvalue weighted by Crippen LogP contribution is -2.37. The maximum atomic E-state index is 13.5. The first-order valence-corrected chi connectivity index (χ1v) is 9.00. The van der Waals surface area contributed by atoms with Crippen LogP contribution in [0.4, 0.5) is 4.39 Å². The van der Waals surface area contributed by atoms with Gasteiger partial charge in [0.05, 0.1) is 11.8 Å². The van der Waals surface area contributed by atoms with Crippen molar-refractivity contribution in [3.8, 4) is 5.75 Å². The molecule has 1 amide bonds. The van der Waals surface area contributed by atoms with E-state index in [0.717, 1.165) is 11.3 Å². The van der Waals surface area contributed by atoms with Crippen LogP contribution in [0.25, 0.3) is 0 Å². The van der Waals surface area contributed by atoms with E-state index in [1.807, 2.05) is 38.1 Å². The molecule has 1 atom stereocenters. The third-order valence-corrected chi connectivity index (χ3v) is 4.42. The first-order valence-electron chi connectivity index (χ1n) is 7.85. The Bertz CT molecular complexity index is 678. The third kappa shape index (κ3) is 5.89. The van der Waals surface area contributed by atoms with Crippen LogP contribution in [-0.4, -0.2) is 24.3 Å². The molecular formula is C19H22FNO2S. The molecular weight excluding hydrogens is 325 g/mol. The molecule has 0 aromatic heterocycles. The van der Waals surface area contributed by atoms with Crippen molar-refractivity contribution < 1.29 is 13.9 Å². The Kier molecular flexibility index (Phi) is 7.12. The number of benzene rings is 2. The minimum atomic E-state index is -0.231. The summed E-state index contributed by atoms with van der Waals surface area (Å²) in [4.78, 5) is 11.9. The summed E-state index contributed by atoms with van der Waals surface area (Å²) in [6, 6.07) is 14.3. The number of aryl methyl sites for hydroxylation is 1. The smallest absolute Gasteiger partial charge is 0.230 e. The summed E-state index contributed by atoms with van der Waals surface area (Å²) in [6.07, 6.45) is 0. The van der Waals surface area contributed by atoms with Gasteiger partial charge in [0.25, 0.3) is 0 Å². The molecule has 2 aromatic carbocycles. The quantitative estimate of drug-likeness (QED) is 0.786. The molecule has 128 valence electrons. The van der Waals surface area contributed by atoms with Gasteiger partial charge in [0.15, 0.2) is 0 Å². The van der Waals surface area contributed by atoms with Gasteiger partial charge in [-0.2, -0.15) is 0 Å². The van der Waals surface area contributed by atoms with Crippen LogP contribution in [0.3, 0.4) is 0 Å². The van der Waals surface area contributed by atoms with Gasteiger partial charge >= 0.3 is 0 Å². The molecule has 1 N–H and O–H groups in total. The lowest BCUT2D eigenvalue weighted by atomic mass is 10.2. The molecule has 24 heavy (non-hydrogen) atoms. The first kappa shape index (κ1) is 18.3. The number of nitrogens with one attached hydrogen (secondary N) is 1. The van der Waals surface area contributed by atoms with Crippen molar-refractivity contribution in [2.24, 2.45) is 0 Å². The fourth-order valence-corrected chi connectivity index (χ4v) is 2.99. The monoisotopic (exact) mass is 347 g/mol. The van der Waals surface area contributed by atoms with Crippen LogP contribution in [0.1, 0.15) is 18.1 Å². The van der Waals surface area contributed by atoms with Gasteiger partial charge in [-0.25, -0.2) is 4.39 Å². The summed E-state index contributed by atoms with van der Waals surface area (Å²) in [5.41, 5.74) is 1.68. The summed E-state index contributed by atoms with van der Waals surface area (Å²) in [6.45, 7) is 4.30. The predicted octanol–water partition coefficient (Wildman–Crippen LogP) is 3.95. The molecule has 0 bridgehead atoms. The minimum absolute atomic E-state index is 0.0720. The molecule has 0 heterocycles. The number of halogens is 1. The van der Waals surface area contributed by atoms with Gasteiger partial charge in [-0.05, 0) is 37.1 Å². The summed E-state index contributed by atoms with van der Waals surface area (Å²) in [7, 11) is 0. The molecule has 0 saturated carbocycles. The molecule has 2 rings (SSSR count). The average molecular weight is 347 g/mol. The van der Waals surface area contributed by atoms with Crippen LogP contribution in [-0.2, 0) is 10.5 Å². The van der Waals surface area contributed by atoms with Crippen LogP contribution < -0.4 is 10.1 Å². The van der Waals surface area contributed by atoms with Gasteiger partial charge in [-0.15, -0.1) is 11.8 Å². The first-order chi connectivity index (χ1) is 11.6. The molecule has 2 aromatic rings. The standard InChI is InChI=1S/C19H22FNO2S/c1-14-7-3-6-10-18(14)23-11-15(2)21-19(22)13-24-12-16-8-4-5-9-17(16)20/h3-10,15H,11-13H2,1-2H3,(H,21,22). The predicted molar refractivity (Wildman–Crippen MR) is 96.8 cm³/mol. The van der Waals surface area contributed by atoms with E-state index < -0.39 is 0 Å². The molecule has 0 saturated heterocycles. The third-order valence-electron chi connectivity index (χ3n) is 3.44. The van der Waals surface area contributed by atoms with Gasteiger partial charge in [0.2, 0.25) is 5.91 Å². The number of thioether (sulfide) groups is 1. The van der Waals surface area contributed by atoms with Gasteiger partial charge in [0.1, 0.15) is 18.2 Å². The Hall–Kier alpha value is -2.01. The zero-order valence-electron chi connectivity index (χ0n) is 13.9. The van der Waals surface area contributed by atoms with Crippen molar-refractivity contribution in [3.63, 3.8) is 0 Å². The van der Waals surface area contributed by atoms with Crippen LogP contribution in [0, 0.1) is 12.7 Å². The summed E-state index contributed by atoms with van der Waals surface area (Å²) < 4.78 is 19.2. The Labute approximate surface area is 146 Å². The largest absolute Gasteiger partial charge is 0.491 e. The van der Waals surface area contributed by atoms with E-state index in [9.17, 15) is 9.18 Å². The normalized spacial score (nSPS) is 11.8. The SMILES string of the molecule is Cc1ccccc1OCC(C)NC(=O)CSCc1ccccc1F. The molecule has 3 nitrogen and oxygen atoms in total. The molecule has 0 aliphatic carbocycles.